The molecule has 5 nitrogen and oxygen atoms in total. The van der Waals surface area contributed by atoms with Crippen molar-refractivity contribution in [2.45, 2.75) is 44.1 Å². The molecule has 4 atom stereocenters. The second kappa shape index (κ2) is 7.94. The Labute approximate surface area is 166 Å². The summed E-state index contributed by atoms with van der Waals surface area (Å²) in [5.74, 6) is 0.516. The van der Waals surface area contributed by atoms with E-state index in [-0.39, 0.29) is 24.2 Å². The number of hydrogen-bond donors (Lipinski definition) is 0. The molecule has 5 heteroatoms. The van der Waals surface area contributed by atoms with E-state index in [1.165, 1.54) is 11.1 Å². The molecule has 1 heterocycles. The van der Waals surface area contributed by atoms with Crippen molar-refractivity contribution in [3.63, 3.8) is 0 Å². The topological polar surface area (TPSA) is 51.3 Å². The monoisotopic (exact) mass is 381 g/mol. The molecule has 0 N–H and O–H groups in total. The van der Waals surface area contributed by atoms with Gasteiger partial charge in [-0.1, -0.05) is 43.3 Å². The zero-order valence-corrected chi connectivity index (χ0v) is 16.6. The molecule has 2 aliphatic rings. The molecule has 1 aliphatic carbocycles. The van der Waals surface area contributed by atoms with Gasteiger partial charge in [0.2, 0.25) is 0 Å². The number of methoxy groups -OCH3 is 1. The highest BCUT2D eigenvalue weighted by molar-refractivity contribution is 5.79. The molecule has 0 spiro atoms. The fourth-order valence-electron chi connectivity index (χ4n) is 4.21. The van der Waals surface area contributed by atoms with E-state index in [1.807, 2.05) is 30.3 Å². The molecule has 4 rings (SSSR count). The molecule has 0 unspecified atom stereocenters. The third kappa shape index (κ3) is 3.64. The largest absolute Gasteiger partial charge is 0.497 e. The van der Waals surface area contributed by atoms with Gasteiger partial charge in [-0.15, -0.1) is 0 Å². The number of epoxide rings is 1. The first-order valence-corrected chi connectivity index (χ1v) is 9.90. The summed E-state index contributed by atoms with van der Waals surface area (Å²) in [7, 11) is 3.74. The molecular weight excluding hydrogens is 354 g/mol. The van der Waals surface area contributed by atoms with Crippen molar-refractivity contribution in [2.24, 2.45) is 0 Å². The van der Waals surface area contributed by atoms with Gasteiger partial charge in [-0.3, -0.25) is 4.90 Å². The summed E-state index contributed by atoms with van der Waals surface area (Å²) in [4.78, 5) is 15.0. The molecule has 0 bridgehead atoms. The molecule has 1 aliphatic heterocycles. The van der Waals surface area contributed by atoms with Crippen molar-refractivity contribution in [2.75, 3.05) is 20.7 Å². The summed E-state index contributed by atoms with van der Waals surface area (Å²) in [6.07, 6.45) is 0.882. The Morgan fingerprint density at radius 3 is 2.64 bits per heavy atom. The maximum atomic E-state index is 12.8. The lowest BCUT2D eigenvalue weighted by Gasteiger charge is -2.29. The molecule has 28 heavy (non-hydrogen) atoms. The van der Waals surface area contributed by atoms with E-state index in [9.17, 15) is 4.79 Å². The van der Waals surface area contributed by atoms with Crippen LogP contribution in [0.25, 0.3) is 0 Å². The van der Waals surface area contributed by atoms with Crippen LogP contribution in [-0.2, 0) is 20.7 Å². The molecule has 1 fully saturated rings. The minimum absolute atomic E-state index is 0.0956. The number of carbonyl (C=O) groups is 1. The SMILES string of the molecule is CCCN(C)[C@H]1c2ccccc2C[C@H]1OC(=O)[C@@H]1O[C@H]1c1ccc(OC)cc1. The fourth-order valence-corrected chi connectivity index (χ4v) is 4.21. The summed E-state index contributed by atoms with van der Waals surface area (Å²) < 4.78 is 16.8. The van der Waals surface area contributed by atoms with Crippen LogP contribution in [0.4, 0.5) is 0 Å². The van der Waals surface area contributed by atoms with Gasteiger partial charge in [0, 0.05) is 6.42 Å². The number of ether oxygens (including phenoxy) is 3. The van der Waals surface area contributed by atoms with Crippen LogP contribution in [0.15, 0.2) is 48.5 Å². The predicted octanol–water partition coefficient (Wildman–Crippen LogP) is 3.69. The number of esters is 1. The number of nitrogens with zero attached hydrogens (tertiary/aromatic N) is 1. The molecule has 0 radical (unpaired) electrons. The van der Waals surface area contributed by atoms with Gasteiger partial charge >= 0.3 is 5.97 Å². The molecule has 1 saturated heterocycles. The lowest BCUT2D eigenvalue weighted by Crippen LogP contribution is -2.35. The van der Waals surface area contributed by atoms with Crippen LogP contribution in [-0.4, -0.2) is 43.8 Å². The Hall–Kier alpha value is -2.37. The highest BCUT2D eigenvalue weighted by atomic mass is 16.6. The minimum Gasteiger partial charge on any atom is -0.497 e. The van der Waals surface area contributed by atoms with Crippen LogP contribution in [0, 0.1) is 0 Å². The molecule has 148 valence electrons. The average molecular weight is 381 g/mol. The van der Waals surface area contributed by atoms with E-state index in [2.05, 4.69) is 37.1 Å². The van der Waals surface area contributed by atoms with Gasteiger partial charge in [-0.05, 0) is 48.8 Å². The quantitative estimate of drug-likeness (QED) is 0.541. The van der Waals surface area contributed by atoms with Crippen molar-refractivity contribution in [3.05, 3.63) is 65.2 Å². The Kier molecular flexibility index (Phi) is 5.38. The smallest absolute Gasteiger partial charge is 0.338 e. The summed E-state index contributed by atoms with van der Waals surface area (Å²) in [6.45, 7) is 3.12. The highest BCUT2D eigenvalue weighted by Gasteiger charge is 2.49. The second-order valence-electron chi connectivity index (χ2n) is 7.55. The molecule has 0 saturated carbocycles. The number of hydrogen-bond acceptors (Lipinski definition) is 5. The number of fused-ring (bicyclic) bond motifs is 1. The van der Waals surface area contributed by atoms with Crippen molar-refractivity contribution in [3.8, 4) is 5.75 Å². The number of likely N-dealkylation sites (N-methyl/N-ethyl adjacent to an activating group) is 1. The lowest BCUT2D eigenvalue weighted by atomic mass is 10.1. The summed E-state index contributed by atoms with van der Waals surface area (Å²) in [6, 6.07) is 16.1. The summed E-state index contributed by atoms with van der Waals surface area (Å²) in [5.41, 5.74) is 3.49. The van der Waals surface area contributed by atoms with Gasteiger partial charge < -0.3 is 14.2 Å². The zero-order valence-electron chi connectivity index (χ0n) is 16.6. The van der Waals surface area contributed by atoms with Crippen LogP contribution in [0.2, 0.25) is 0 Å². The molecule has 0 aromatic heterocycles. The van der Waals surface area contributed by atoms with Gasteiger partial charge in [0.05, 0.1) is 13.2 Å². The minimum atomic E-state index is -0.519. The van der Waals surface area contributed by atoms with Gasteiger partial charge in [0.25, 0.3) is 0 Å². The van der Waals surface area contributed by atoms with E-state index < -0.39 is 6.10 Å². The van der Waals surface area contributed by atoms with Crippen LogP contribution < -0.4 is 4.74 Å². The van der Waals surface area contributed by atoms with E-state index in [0.29, 0.717) is 0 Å². The number of carbonyl (C=O) groups excluding carboxylic acids is 1. The van der Waals surface area contributed by atoms with Gasteiger partial charge in [-0.2, -0.15) is 0 Å². The lowest BCUT2D eigenvalue weighted by molar-refractivity contribution is -0.153. The second-order valence-corrected chi connectivity index (χ2v) is 7.55. The van der Waals surface area contributed by atoms with E-state index in [0.717, 1.165) is 30.7 Å². The van der Waals surface area contributed by atoms with E-state index in [1.54, 1.807) is 7.11 Å². The maximum absolute atomic E-state index is 12.8. The van der Waals surface area contributed by atoms with Gasteiger partial charge in [0.1, 0.15) is 18.0 Å². The molecule has 2 aromatic rings. The van der Waals surface area contributed by atoms with Crippen LogP contribution in [0.5, 0.6) is 5.75 Å². The number of benzene rings is 2. The van der Waals surface area contributed by atoms with Gasteiger partial charge in [0.15, 0.2) is 6.10 Å². The fraction of sp³-hybridized carbons (Fsp3) is 0.435. The normalized spacial score (nSPS) is 25.4. The molecular formula is C23H27NO4. The third-order valence-corrected chi connectivity index (χ3v) is 5.63. The van der Waals surface area contributed by atoms with Crippen molar-refractivity contribution >= 4 is 5.97 Å². The van der Waals surface area contributed by atoms with E-state index >= 15 is 0 Å². The van der Waals surface area contributed by atoms with Crippen molar-refractivity contribution < 1.29 is 19.0 Å². The van der Waals surface area contributed by atoms with Crippen LogP contribution in [0.3, 0.4) is 0 Å². The maximum Gasteiger partial charge on any atom is 0.338 e. The molecule has 2 aromatic carbocycles. The summed E-state index contributed by atoms with van der Waals surface area (Å²) >= 11 is 0. The highest BCUT2D eigenvalue weighted by Crippen LogP contribution is 2.42. The number of rotatable bonds is 7. The average Bonchev–Trinajstić information content (AvgIpc) is 3.43. The van der Waals surface area contributed by atoms with Crippen molar-refractivity contribution in [1.82, 2.24) is 4.90 Å². The first kappa shape index (κ1) is 19.0. The zero-order chi connectivity index (χ0) is 19.7. The first-order chi connectivity index (χ1) is 13.6. The van der Waals surface area contributed by atoms with Crippen LogP contribution in [0.1, 0.15) is 42.2 Å². The van der Waals surface area contributed by atoms with Crippen LogP contribution >= 0.6 is 0 Å². The first-order valence-electron chi connectivity index (χ1n) is 9.90. The Balaban J connectivity index is 1.44. The Bertz CT molecular complexity index is 835. The Morgan fingerprint density at radius 1 is 1.18 bits per heavy atom. The molecule has 0 amide bonds. The van der Waals surface area contributed by atoms with E-state index in [4.69, 9.17) is 14.2 Å². The standard InChI is InChI=1S/C23H27NO4/c1-4-13-24(2)20-18-8-6-5-7-16(18)14-19(20)27-23(25)22-21(28-22)15-9-11-17(26-3)12-10-15/h5-12,19-22H,4,13-14H2,1-3H3/t19-,20+,21+,22-/m1/s1. The van der Waals surface area contributed by atoms with Crippen molar-refractivity contribution in [1.29, 1.82) is 0 Å². The Morgan fingerprint density at radius 2 is 1.93 bits per heavy atom. The van der Waals surface area contributed by atoms with Gasteiger partial charge in [-0.25, -0.2) is 4.79 Å². The predicted molar refractivity (Wildman–Crippen MR) is 106 cm³/mol. The summed E-state index contributed by atoms with van der Waals surface area (Å²) in [5, 5.41) is 0. The third-order valence-electron chi connectivity index (χ3n) is 5.63.